The monoisotopic (exact) mass is 284 g/mol. The van der Waals surface area contributed by atoms with E-state index in [-0.39, 0.29) is 0 Å². The van der Waals surface area contributed by atoms with Crippen LogP contribution in [0, 0.1) is 0 Å². The van der Waals surface area contributed by atoms with Crippen LogP contribution in [0.25, 0.3) is 0 Å². The van der Waals surface area contributed by atoms with Gasteiger partial charge in [0.15, 0.2) is 5.11 Å². The van der Waals surface area contributed by atoms with Crippen molar-refractivity contribution in [2.45, 2.75) is 12.5 Å². The highest BCUT2D eigenvalue weighted by atomic mass is 32.2. The Morgan fingerprint density at radius 1 is 1.25 bits per heavy atom. The SMILES string of the molecule is CO[Si](CCCNC(=S)NSC)(OC)OC. The average molecular weight is 284 g/mol. The Hall–Kier alpha value is 0.137. The van der Waals surface area contributed by atoms with Gasteiger partial charge in [0, 0.05) is 40.2 Å². The van der Waals surface area contributed by atoms with Crippen LogP contribution in [-0.4, -0.2) is 48.0 Å². The van der Waals surface area contributed by atoms with Crippen molar-refractivity contribution >= 4 is 38.1 Å². The third-order valence-electron chi connectivity index (χ3n) is 2.07. The molecular weight excluding hydrogens is 264 g/mol. The van der Waals surface area contributed by atoms with Crippen molar-refractivity contribution in [3.63, 3.8) is 0 Å². The largest absolute Gasteiger partial charge is 0.500 e. The molecule has 0 unspecified atom stereocenters. The molecule has 0 atom stereocenters. The van der Waals surface area contributed by atoms with E-state index in [2.05, 4.69) is 10.0 Å². The van der Waals surface area contributed by atoms with E-state index in [1.165, 1.54) is 11.9 Å². The lowest BCUT2D eigenvalue weighted by molar-refractivity contribution is 0.123. The lowest BCUT2D eigenvalue weighted by Gasteiger charge is -2.24. The van der Waals surface area contributed by atoms with E-state index in [4.69, 9.17) is 25.5 Å². The molecule has 0 aromatic heterocycles. The fourth-order valence-electron chi connectivity index (χ4n) is 1.19. The van der Waals surface area contributed by atoms with Crippen molar-refractivity contribution in [1.29, 1.82) is 0 Å². The van der Waals surface area contributed by atoms with Crippen molar-refractivity contribution in [2.75, 3.05) is 34.1 Å². The van der Waals surface area contributed by atoms with Crippen molar-refractivity contribution in [1.82, 2.24) is 10.0 Å². The molecule has 96 valence electrons. The first-order chi connectivity index (χ1) is 7.64. The second-order valence-electron chi connectivity index (χ2n) is 2.96. The summed E-state index contributed by atoms with van der Waals surface area (Å²) in [6.45, 7) is 0.775. The zero-order chi connectivity index (χ0) is 12.4. The Bertz CT molecular complexity index is 197. The maximum atomic E-state index is 5.30. The summed E-state index contributed by atoms with van der Waals surface area (Å²) in [7, 11) is 2.44. The fraction of sp³-hybridized carbons (Fsp3) is 0.875. The van der Waals surface area contributed by atoms with Crippen molar-refractivity contribution in [3.05, 3.63) is 0 Å². The molecule has 0 aliphatic rings. The van der Waals surface area contributed by atoms with Crippen LogP contribution >= 0.6 is 24.2 Å². The molecule has 0 aliphatic heterocycles. The summed E-state index contributed by atoms with van der Waals surface area (Å²) >= 11 is 6.49. The Balaban J connectivity index is 3.74. The molecule has 0 aromatic carbocycles. The van der Waals surface area contributed by atoms with E-state index >= 15 is 0 Å². The molecule has 8 heteroatoms. The molecule has 0 bridgehead atoms. The van der Waals surface area contributed by atoms with Crippen LogP contribution in [0.4, 0.5) is 0 Å². The average Bonchev–Trinajstić information content (AvgIpc) is 2.31. The van der Waals surface area contributed by atoms with Gasteiger partial charge >= 0.3 is 8.80 Å². The standard InChI is InChI=1S/C8H20N2O3S2Si/c1-11-16(12-2,13-3)7-5-6-9-8(14)10-15-4/h5-7H2,1-4H3,(H2,9,10,14). The van der Waals surface area contributed by atoms with Gasteiger partial charge in [-0.05, 0) is 18.6 Å². The highest BCUT2D eigenvalue weighted by Gasteiger charge is 2.36. The molecule has 5 nitrogen and oxygen atoms in total. The summed E-state index contributed by atoms with van der Waals surface area (Å²) in [4.78, 5) is 0. The van der Waals surface area contributed by atoms with Gasteiger partial charge in [-0.3, -0.25) is 0 Å². The third-order valence-corrected chi connectivity index (χ3v) is 5.69. The van der Waals surface area contributed by atoms with E-state index in [9.17, 15) is 0 Å². The molecule has 0 radical (unpaired) electrons. The zero-order valence-electron chi connectivity index (χ0n) is 10.2. The van der Waals surface area contributed by atoms with Crippen LogP contribution in [0.3, 0.4) is 0 Å². The van der Waals surface area contributed by atoms with Crippen LogP contribution < -0.4 is 10.0 Å². The van der Waals surface area contributed by atoms with Crippen LogP contribution in [0.1, 0.15) is 6.42 Å². The van der Waals surface area contributed by atoms with Gasteiger partial charge in [0.05, 0.1) is 0 Å². The minimum Gasteiger partial charge on any atom is -0.377 e. The lowest BCUT2D eigenvalue weighted by atomic mass is 10.5. The summed E-state index contributed by atoms with van der Waals surface area (Å²) in [6, 6.07) is 0.769. The summed E-state index contributed by atoms with van der Waals surface area (Å²) in [5.41, 5.74) is 0. The van der Waals surface area contributed by atoms with Gasteiger partial charge in [0.2, 0.25) is 0 Å². The number of hydrogen-bond acceptors (Lipinski definition) is 5. The molecule has 0 spiro atoms. The minimum atomic E-state index is -2.42. The van der Waals surface area contributed by atoms with E-state index < -0.39 is 8.80 Å². The molecule has 0 rings (SSSR count). The molecule has 0 amide bonds. The molecule has 0 aliphatic carbocycles. The molecule has 0 saturated heterocycles. The summed E-state index contributed by atoms with van der Waals surface area (Å²) < 4.78 is 18.9. The Kier molecular flexibility index (Phi) is 9.28. The Morgan fingerprint density at radius 3 is 2.25 bits per heavy atom. The number of nitrogens with one attached hydrogen (secondary N) is 2. The van der Waals surface area contributed by atoms with Gasteiger partial charge in [0.25, 0.3) is 0 Å². The van der Waals surface area contributed by atoms with E-state index in [1.807, 2.05) is 6.26 Å². The van der Waals surface area contributed by atoms with E-state index in [0.29, 0.717) is 5.11 Å². The van der Waals surface area contributed by atoms with Crippen molar-refractivity contribution in [2.24, 2.45) is 0 Å². The first-order valence-electron chi connectivity index (χ1n) is 4.86. The maximum Gasteiger partial charge on any atom is 0.500 e. The highest BCUT2D eigenvalue weighted by molar-refractivity contribution is 7.98. The fourth-order valence-corrected chi connectivity index (χ4v) is 3.52. The number of thiocarbonyl (C=S) groups is 1. The quantitative estimate of drug-likeness (QED) is 0.298. The first-order valence-corrected chi connectivity index (χ1v) is 8.43. The predicted molar refractivity (Wildman–Crippen MR) is 73.5 cm³/mol. The Labute approximate surface area is 108 Å². The number of hydrogen-bond donors (Lipinski definition) is 2. The van der Waals surface area contributed by atoms with Gasteiger partial charge in [0.1, 0.15) is 0 Å². The van der Waals surface area contributed by atoms with Gasteiger partial charge < -0.3 is 23.3 Å². The van der Waals surface area contributed by atoms with Gasteiger partial charge in [-0.2, -0.15) is 0 Å². The summed E-state index contributed by atoms with van der Waals surface area (Å²) in [5.74, 6) is 0. The van der Waals surface area contributed by atoms with Crippen LogP contribution in [-0.2, 0) is 13.3 Å². The molecule has 0 saturated carbocycles. The zero-order valence-corrected chi connectivity index (χ0v) is 12.8. The summed E-state index contributed by atoms with van der Waals surface area (Å²) in [6.07, 6.45) is 2.81. The second-order valence-corrected chi connectivity index (χ2v) is 7.07. The second kappa shape index (κ2) is 9.20. The normalized spacial score (nSPS) is 11.2. The molecule has 2 N–H and O–H groups in total. The van der Waals surface area contributed by atoms with Crippen molar-refractivity contribution in [3.8, 4) is 0 Å². The highest BCUT2D eigenvalue weighted by Crippen LogP contribution is 2.14. The van der Waals surface area contributed by atoms with Gasteiger partial charge in [-0.15, -0.1) is 0 Å². The molecule has 0 heterocycles. The van der Waals surface area contributed by atoms with Gasteiger partial charge in [-0.25, -0.2) is 0 Å². The minimum absolute atomic E-state index is 0.645. The van der Waals surface area contributed by atoms with E-state index in [1.54, 1.807) is 21.3 Å². The molecular formula is C8H20N2O3S2Si. The predicted octanol–water partition coefficient (Wildman–Crippen LogP) is 0.997. The number of rotatable bonds is 8. The first kappa shape index (κ1) is 16.1. The smallest absolute Gasteiger partial charge is 0.377 e. The van der Waals surface area contributed by atoms with Crippen LogP contribution in [0.5, 0.6) is 0 Å². The topological polar surface area (TPSA) is 51.8 Å². The molecule has 0 aromatic rings. The van der Waals surface area contributed by atoms with Crippen molar-refractivity contribution < 1.29 is 13.3 Å². The third kappa shape index (κ3) is 6.02. The Morgan fingerprint density at radius 2 is 1.81 bits per heavy atom. The summed E-state index contributed by atoms with van der Waals surface area (Å²) in [5, 5.41) is 3.73. The lowest BCUT2D eigenvalue weighted by Crippen LogP contribution is -2.43. The molecule has 0 fully saturated rings. The molecule has 16 heavy (non-hydrogen) atoms. The maximum absolute atomic E-state index is 5.30. The van der Waals surface area contributed by atoms with Crippen LogP contribution in [0.15, 0.2) is 0 Å². The van der Waals surface area contributed by atoms with E-state index in [0.717, 1.165) is 19.0 Å². The van der Waals surface area contributed by atoms with Gasteiger partial charge in [-0.1, -0.05) is 11.9 Å². The van der Waals surface area contributed by atoms with Crippen LogP contribution in [0.2, 0.25) is 6.04 Å².